The Morgan fingerprint density at radius 2 is 2.00 bits per heavy atom. The molecule has 0 saturated heterocycles. The van der Waals surface area contributed by atoms with E-state index in [0.29, 0.717) is 5.82 Å². The summed E-state index contributed by atoms with van der Waals surface area (Å²) in [5, 5.41) is 0. The minimum Gasteiger partial charge on any atom is -0.384 e. The summed E-state index contributed by atoms with van der Waals surface area (Å²) < 4.78 is 37.1. The van der Waals surface area contributed by atoms with E-state index in [-0.39, 0.29) is 12.6 Å². The Balaban J connectivity index is 2.70. The molecule has 0 spiro atoms. The van der Waals surface area contributed by atoms with E-state index < -0.39 is 12.7 Å². The second-order valence-electron chi connectivity index (χ2n) is 4.21. The van der Waals surface area contributed by atoms with E-state index in [4.69, 9.17) is 5.73 Å². The van der Waals surface area contributed by atoms with Gasteiger partial charge in [0.25, 0.3) is 0 Å². The van der Waals surface area contributed by atoms with Crippen molar-refractivity contribution in [2.75, 3.05) is 12.3 Å². The lowest BCUT2D eigenvalue weighted by Gasteiger charge is -2.27. The molecule has 0 aromatic carbocycles. The van der Waals surface area contributed by atoms with Gasteiger partial charge in [0.1, 0.15) is 5.82 Å². The summed E-state index contributed by atoms with van der Waals surface area (Å²) >= 11 is 0. The highest BCUT2D eigenvalue weighted by atomic mass is 19.4. The number of halogens is 3. The van der Waals surface area contributed by atoms with Crippen molar-refractivity contribution in [3.63, 3.8) is 0 Å². The molecule has 96 valence electrons. The van der Waals surface area contributed by atoms with Crippen LogP contribution in [0.3, 0.4) is 0 Å². The number of nitrogens with zero attached hydrogens (tertiary/aromatic N) is 2. The molecule has 1 aromatic rings. The van der Waals surface area contributed by atoms with Gasteiger partial charge in [-0.15, -0.1) is 0 Å². The fraction of sp³-hybridized carbons (Fsp3) is 0.545. The van der Waals surface area contributed by atoms with Gasteiger partial charge in [-0.1, -0.05) is 6.07 Å². The second-order valence-corrected chi connectivity index (χ2v) is 4.21. The van der Waals surface area contributed by atoms with E-state index in [0.717, 1.165) is 5.56 Å². The number of pyridine rings is 1. The number of anilines is 1. The zero-order valence-electron chi connectivity index (χ0n) is 9.83. The van der Waals surface area contributed by atoms with Crippen LogP contribution in [0.2, 0.25) is 0 Å². The van der Waals surface area contributed by atoms with Gasteiger partial charge in [0, 0.05) is 18.8 Å². The van der Waals surface area contributed by atoms with Gasteiger partial charge in [0.05, 0.1) is 6.54 Å². The average Bonchev–Trinajstić information content (AvgIpc) is 2.18. The predicted octanol–water partition coefficient (Wildman–Crippen LogP) is 2.44. The van der Waals surface area contributed by atoms with Crippen molar-refractivity contribution in [2.45, 2.75) is 32.6 Å². The summed E-state index contributed by atoms with van der Waals surface area (Å²) in [6.07, 6.45) is -2.69. The summed E-state index contributed by atoms with van der Waals surface area (Å²) in [5.74, 6) is 0.362. The van der Waals surface area contributed by atoms with E-state index in [1.807, 2.05) is 0 Å². The molecule has 0 radical (unpaired) electrons. The van der Waals surface area contributed by atoms with Crippen LogP contribution in [0.4, 0.5) is 19.0 Å². The normalized spacial score (nSPS) is 12.4. The highest BCUT2D eigenvalue weighted by Gasteiger charge is 2.31. The number of nitrogen functional groups attached to an aromatic ring is 1. The summed E-state index contributed by atoms with van der Waals surface area (Å²) in [7, 11) is 0. The highest BCUT2D eigenvalue weighted by Crippen LogP contribution is 2.19. The largest absolute Gasteiger partial charge is 0.401 e. The molecule has 1 rings (SSSR count). The van der Waals surface area contributed by atoms with Crippen LogP contribution in [-0.4, -0.2) is 28.6 Å². The molecule has 1 aromatic heterocycles. The lowest BCUT2D eigenvalue weighted by molar-refractivity contribution is -0.150. The van der Waals surface area contributed by atoms with Crippen LogP contribution in [0.25, 0.3) is 0 Å². The average molecular weight is 247 g/mol. The minimum absolute atomic E-state index is 0.186. The number of hydrogen-bond acceptors (Lipinski definition) is 3. The van der Waals surface area contributed by atoms with E-state index in [1.165, 1.54) is 11.1 Å². The van der Waals surface area contributed by atoms with Gasteiger partial charge in [0.15, 0.2) is 0 Å². The van der Waals surface area contributed by atoms with Gasteiger partial charge in [-0.3, -0.25) is 4.90 Å². The Hall–Kier alpha value is -1.30. The van der Waals surface area contributed by atoms with E-state index in [9.17, 15) is 13.2 Å². The quantitative estimate of drug-likeness (QED) is 0.888. The zero-order chi connectivity index (χ0) is 13.1. The van der Waals surface area contributed by atoms with Gasteiger partial charge < -0.3 is 5.73 Å². The topological polar surface area (TPSA) is 42.1 Å². The minimum atomic E-state index is -4.19. The lowest BCUT2D eigenvalue weighted by Crippen LogP contribution is -2.38. The number of nitrogens with two attached hydrogens (primary N) is 1. The Kier molecular flexibility index (Phi) is 4.34. The van der Waals surface area contributed by atoms with Crippen LogP contribution >= 0.6 is 0 Å². The van der Waals surface area contributed by atoms with Gasteiger partial charge in [-0.2, -0.15) is 13.2 Å². The van der Waals surface area contributed by atoms with Crippen molar-refractivity contribution < 1.29 is 13.2 Å². The first-order chi connectivity index (χ1) is 7.78. The maximum Gasteiger partial charge on any atom is 0.401 e. The van der Waals surface area contributed by atoms with Crippen molar-refractivity contribution in [1.29, 1.82) is 0 Å². The Labute approximate surface area is 98.4 Å². The molecule has 1 heterocycles. The number of alkyl halides is 3. The first kappa shape index (κ1) is 13.8. The fourth-order valence-corrected chi connectivity index (χ4v) is 1.42. The molecule has 0 atom stereocenters. The monoisotopic (exact) mass is 247 g/mol. The second kappa shape index (κ2) is 5.35. The van der Waals surface area contributed by atoms with Crippen molar-refractivity contribution in [3.05, 3.63) is 23.9 Å². The highest BCUT2D eigenvalue weighted by molar-refractivity contribution is 5.29. The molecule has 0 unspecified atom stereocenters. The van der Waals surface area contributed by atoms with Crippen LogP contribution in [0, 0.1) is 0 Å². The molecule has 0 amide bonds. The van der Waals surface area contributed by atoms with Crippen LogP contribution in [-0.2, 0) is 6.54 Å². The molecule has 0 aliphatic carbocycles. The maximum atomic E-state index is 12.4. The first-order valence-corrected chi connectivity index (χ1v) is 5.29. The van der Waals surface area contributed by atoms with Gasteiger partial charge in [0.2, 0.25) is 0 Å². The third-order valence-corrected chi connectivity index (χ3v) is 2.35. The van der Waals surface area contributed by atoms with Gasteiger partial charge >= 0.3 is 6.18 Å². The Morgan fingerprint density at radius 1 is 1.35 bits per heavy atom. The standard InChI is InChI=1S/C11H16F3N3/c1-8(2)17(7-11(12,13)14)6-9-3-4-10(15)16-5-9/h3-5,8H,6-7H2,1-2H3,(H2,15,16). The van der Waals surface area contributed by atoms with Crippen LogP contribution in [0.1, 0.15) is 19.4 Å². The molecule has 0 aliphatic heterocycles. The van der Waals surface area contributed by atoms with Crippen LogP contribution in [0.15, 0.2) is 18.3 Å². The molecule has 3 nitrogen and oxygen atoms in total. The van der Waals surface area contributed by atoms with E-state index in [1.54, 1.807) is 26.0 Å². The van der Waals surface area contributed by atoms with Crippen molar-refractivity contribution in [1.82, 2.24) is 9.88 Å². The van der Waals surface area contributed by atoms with Crippen LogP contribution in [0.5, 0.6) is 0 Å². The van der Waals surface area contributed by atoms with Crippen molar-refractivity contribution in [3.8, 4) is 0 Å². The zero-order valence-corrected chi connectivity index (χ0v) is 9.83. The molecule has 17 heavy (non-hydrogen) atoms. The third-order valence-electron chi connectivity index (χ3n) is 2.35. The molecule has 0 saturated carbocycles. The Morgan fingerprint density at radius 3 is 2.41 bits per heavy atom. The van der Waals surface area contributed by atoms with E-state index >= 15 is 0 Å². The van der Waals surface area contributed by atoms with Gasteiger partial charge in [-0.25, -0.2) is 4.98 Å². The van der Waals surface area contributed by atoms with Crippen molar-refractivity contribution >= 4 is 5.82 Å². The number of rotatable bonds is 4. The number of aromatic nitrogens is 1. The third kappa shape index (κ3) is 5.04. The summed E-state index contributed by atoms with van der Waals surface area (Å²) in [6.45, 7) is 2.76. The van der Waals surface area contributed by atoms with Crippen LogP contribution < -0.4 is 5.73 Å². The molecule has 2 N–H and O–H groups in total. The molecule has 0 aliphatic rings. The molecule has 6 heteroatoms. The smallest absolute Gasteiger partial charge is 0.384 e. The SMILES string of the molecule is CC(C)N(Cc1ccc(N)nc1)CC(F)(F)F. The first-order valence-electron chi connectivity index (χ1n) is 5.29. The molecular formula is C11H16F3N3. The summed E-state index contributed by atoms with van der Waals surface area (Å²) in [4.78, 5) is 5.20. The summed E-state index contributed by atoms with van der Waals surface area (Å²) in [5.41, 5.74) is 6.13. The molecule has 0 bridgehead atoms. The van der Waals surface area contributed by atoms with E-state index in [2.05, 4.69) is 4.98 Å². The van der Waals surface area contributed by atoms with Crippen molar-refractivity contribution in [2.24, 2.45) is 0 Å². The molecule has 0 fully saturated rings. The fourth-order valence-electron chi connectivity index (χ4n) is 1.42. The van der Waals surface area contributed by atoms with Gasteiger partial charge in [-0.05, 0) is 25.5 Å². The lowest BCUT2D eigenvalue weighted by atomic mass is 10.2. The molecular weight excluding hydrogens is 231 g/mol. The Bertz CT molecular complexity index is 346. The predicted molar refractivity (Wildman–Crippen MR) is 60.3 cm³/mol. The maximum absolute atomic E-state index is 12.4. The number of hydrogen-bond donors (Lipinski definition) is 1. The summed E-state index contributed by atoms with van der Waals surface area (Å²) in [6, 6.07) is 3.09.